The van der Waals surface area contributed by atoms with Crippen molar-refractivity contribution in [3.05, 3.63) is 70.8 Å². The molecular weight excluding hydrogens is 262 g/mol. The van der Waals surface area contributed by atoms with E-state index in [4.69, 9.17) is 10.5 Å². The van der Waals surface area contributed by atoms with Gasteiger partial charge in [-0.2, -0.15) is 0 Å². The Balaban J connectivity index is 1.96. The standard InChI is InChI=1S/C18H17NO2/c19-10-11-9-16-12-5-1-2-6-13(12)17(20)14-7-3-4-8-15(14)18(16)21-11/h1-8,11,16,18H,9-10,19H2. The van der Waals surface area contributed by atoms with Gasteiger partial charge in [0.2, 0.25) is 0 Å². The second-order valence-corrected chi connectivity index (χ2v) is 5.76. The van der Waals surface area contributed by atoms with Crippen LogP contribution in [0.25, 0.3) is 0 Å². The van der Waals surface area contributed by atoms with Gasteiger partial charge in [0.05, 0.1) is 12.2 Å². The molecule has 3 unspecified atom stereocenters. The lowest BCUT2D eigenvalue weighted by Gasteiger charge is -2.18. The molecule has 0 bridgehead atoms. The lowest BCUT2D eigenvalue weighted by molar-refractivity contribution is 0.0454. The smallest absolute Gasteiger partial charge is 0.193 e. The average molecular weight is 279 g/mol. The van der Waals surface area contributed by atoms with E-state index in [9.17, 15) is 4.79 Å². The zero-order valence-corrected chi connectivity index (χ0v) is 11.7. The third-order valence-electron chi connectivity index (χ3n) is 4.60. The fraction of sp³-hybridized carbons (Fsp3) is 0.278. The Hall–Kier alpha value is -1.97. The fourth-order valence-electron chi connectivity index (χ4n) is 3.62. The molecule has 3 nitrogen and oxygen atoms in total. The van der Waals surface area contributed by atoms with E-state index in [2.05, 4.69) is 6.07 Å². The molecule has 0 saturated carbocycles. The van der Waals surface area contributed by atoms with E-state index in [1.807, 2.05) is 42.5 Å². The summed E-state index contributed by atoms with van der Waals surface area (Å²) in [7, 11) is 0. The number of carbonyl (C=O) groups is 1. The van der Waals surface area contributed by atoms with Gasteiger partial charge in [-0.15, -0.1) is 0 Å². The molecule has 0 aromatic heterocycles. The summed E-state index contributed by atoms with van der Waals surface area (Å²) in [5.41, 5.74) is 9.46. The van der Waals surface area contributed by atoms with Crippen LogP contribution >= 0.6 is 0 Å². The maximum Gasteiger partial charge on any atom is 0.193 e. The summed E-state index contributed by atoms with van der Waals surface area (Å²) in [5.74, 6) is 0.311. The van der Waals surface area contributed by atoms with Crippen LogP contribution in [0.15, 0.2) is 48.5 Å². The average Bonchev–Trinajstić information content (AvgIpc) is 2.95. The molecule has 21 heavy (non-hydrogen) atoms. The molecule has 1 fully saturated rings. The first-order valence-electron chi connectivity index (χ1n) is 7.37. The molecule has 1 heterocycles. The first-order valence-corrected chi connectivity index (χ1v) is 7.37. The number of hydrogen-bond donors (Lipinski definition) is 1. The van der Waals surface area contributed by atoms with Gasteiger partial charge < -0.3 is 10.5 Å². The van der Waals surface area contributed by atoms with Crippen molar-refractivity contribution < 1.29 is 9.53 Å². The quantitative estimate of drug-likeness (QED) is 0.873. The van der Waals surface area contributed by atoms with E-state index < -0.39 is 0 Å². The van der Waals surface area contributed by atoms with Crippen molar-refractivity contribution in [3.8, 4) is 0 Å². The lowest BCUT2D eigenvalue weighted by atomic mass is 9.87. The normalized spacial score (nSPS) is 26.7. The third-order valence-corrected chi connectivity index (χ3v) is 4.60. The Morgan fingerprint density at radius 1 is 1.00 bits per heavy atom. The van der Waals surface area contributed by atoms with Crippen LogP contribution in [0.5, 0.6) is 0 Å². The maximum absolute atomic E-state index is 12.8. The Morgan fingerprint density at radius 3 is 2.33 bits per heavy atom. The van der Waals surface area contributed by atoms with Crippen LogP contribution in [0.1, 0.15) is 45.5 Å². The molecule has 2 aromatic rings. The maximum atomic E-state index is 12.8. The molecule has 0 amide bonds. The van der Waals surface area contributed by atoms with Gasteiger partial charge in [0.25, 0.3) is 0 Å². The number of ether oxygens (including phenoxy) is 1. The molecule has 1 saturated heterocycles. The first kappa shape index (κ1) is 12.7. The minimum Gasteiger partial charge on any atom is -0.368 e. The Bertz CT molecular complexity index is 652. The van der Waals surface area contributed by atoms with Crippen molar-refractivity contribution in [1.82, 2.24) is 0 Å². The molecule has 106 valence electrons. The second kappa shape index (κ2) is 4.79. The molecule has 3 atom stereocenters. The highest BCUT2D eigenvalue weighted by Gasteiger charge is 2.41. The van der Waals surface area contributed by atoms with Gasteiger partial charge in [0.15, 0.2) is 5.78 Å². The SMILES string of the molecule is NCC1CC2c3ccccc3C(=O)c3ccccc3C2O1. The number of ketones is 1. The highest BCUT2D eigenvalue weighted by atomic mass is 16.5. The van der Waals surface area contributed by atoms with Gasteiger partial charge in [-0.05, 0) is 17.5 Å². The van der Waals surface area contributed by atoms with Crippen LogP contribution in [0.3, 0.4) is 0 Å². The van der Waals surface area contributed by atoms with Crippen molar-refractivity contribution in [3.63, 3.8) is 0 Å². The third kappa shape index (κ3) is 1.85. The summed E-state index contributed by atoms with van der Waals surface area (Å²) in [5, 5.41) is 0. The Kier molecular flexibility index (Phi) is 2.91. The van der Waals surface area contributed by atoms with E-state index in [1.54, 1.807) is 0 Å². The molecule has 0 radical (unpaired) electrons. The molecule has 1 aliphatic carbocycles. The number of hydrogen-bond acceptors (Lipinski definition) is 3. The summed E-state index contributed by atoms with van der Waals surface area (Å²) in [6, 6.07) is 15.7. The van der Waals surface area contributed by atoms with Gasteiger partial charge in [-0.3, -0.25) is 4.79 Å². The van der Waals surface area contributed by atoms with Crippen LogP contribution in [0.2, 0.25) is 0 Å². The zero-order valence-electron chi connectivity index (χ0n) is 11.7. The van der Waals surface area contributed by atoms with Gasteiger partial charge in [0, 0.05) is 23.6 Å². The molecule has 2 aromatic carbocycles. The molecule has 0 spiro atoms. The minimum atomic E-state index is -0.0673. The monoisotopic (exact) mass is 279 g/mol. The van der Waals surface area contributed by atoms with Crippen molar-refractivity contribution in [2.24, 2.45) is 5.73 Å². The van der Waals surface area contributed by atoms with Crippen LogP contribution in [0, 0.1) is 0 Å². The molecule has 2 N–H and O–H groups in total. The summed E-state index contributed by atoms with van der Waals surface area (Å²) < 4.78 is 6.15. The molecule has 1 aliphatic heterocycles. The number of benzene rings is 2. The molecule has 4 rings (SSSR count). The zero-order chi connectivity index (χ0) is 14.4. The van der Waals surface area contributed by atoms with E-state index in [0.717, 1.165) is 28.7 Å². The number of rotatable bonds is 1. The number of fused-ring (bicyclic) bond motifs is 5. The first-order chi connectivity index (χ1) is 10.3. The highest BCUT2D eigenvalue weighted by Crippen LogP contribution is 2.48. The highest BCUT2D eigenvalue weighted by molar-refractivity contribution is 6.11. The lowest BCUT2D eigenvalue weighted by Crippen LogP contribution is -2.19. The second-order valence-electron chi connectivity index (χ2n) is 5.76. The topological polar surface area (TPSA) is 52.3 Å². The van der Waals surface area contributed by atoms with Gasteiger partial charge in [-0.1, -0.05) is 48.5 Å². The van der Waals surface area contributed by atoms with Crippen molar-refractivity contribution in [2.75, 3.05) is 6.54 Å². The fourth-order valence-corrected chi connectivity index (χ4v) is 3.62. The van der Waals surface area contributed by atoms with E-state index >= 15 is 0 Å². The van der Waals surface area contributed by atoms with E-state index in [0.29, 0.717) is 6.54 Å². The van der Waals surface area contributed by atoms with Crippen LogP contribution < -0.4 is 5.73 Å². The summed E-state index contributed by atoms with van der Waals surface area (Å²) in [4.78, 5) is 12.8. The van der Waals surface area contributed by atoms with Gasteiger partial charge in [0.1, 0.15) is 0 Å². The van der Waals surface area contributed by atoms with Crippen molar-refractivity contribution in [2.45, 2.75) is 24.5 Å². The van der Waals surface area contributed by atoms with Crippen molar-refractivity contribution >= 4 is 5.78 Å². The summed E-state index contributed by atoms with van der Waals surface area (Å²) in [6.07, 6.45) is 0.872. The van der Waals surface area contributed by atoms with Gasteiger partial charge in [-0.25, -0.2) is 0 Å². The van der Waals surface area contributed by atoms with E-state index in [1.165, 1.54) is 0 Å². The van der Waals surface area contributed by atoms with E-state index in [-0.39, 0.29) is 23.9 Å². The predicted molar refractivity (Wildman–Crippen MR) is 80.3 cm³/mol. The number of carbonyl (C=O) groups excluding carboxylic acids is 1. The summed E-state index contributed by atoms with van der Waals surface area (Å²) >= 11 is 0. The van der Waals surface area contributed by atoms with Crippen LogP contribution in [0.4, 0.5) is 0 Å². The molecular formula is C18H17NO2. The van der Waals surface area contributed by atoms with Crippen LogP contribution in [-0.4, -0.2) is 18.4 Å². The van der Waals surface area contributed by atoms with Crippen molar-refractivity contribution in [1.29, 1.82) is 0 Å². The molecule has 2 aliphatic rings. The Morgan fingerprint density at radius 2 is 1.62 bits per heavy atom. The molecule has 3 heteroatoms. The Labute approximate surface area is 123 Å². The largest absolute Gasteiger partial charge is 0.368 e. The van der Waals surface area contributed by atoms with Gasteiger partial charge >= 0.3 is 0 Å². The predicted octanol–water partition coefficient (Wildman–Crippen LogP) is 2.80. The summed E-state index contributed by atoms with van der Waals surface area (Å²) in [6.45, 7) is 0.519. The van der Waals surface area contributed by atoms with Crippen LogP contribution in [-0.2, 0) is 4.74 Å². The minimum absolute atomic E-state index is 0.0642. The number of nitrogens with two attached hydrogens (primary N) is 1.